The van der Waals surface area contributed by atoms with Crippen molar-refractivity contribution in [2.24, 2.45) is 0 Å². The molecule has 0 saturated heterocycles. The molecule has 0 atom stereocenters. The molecule has 0 aromatic carbocycles. The van der Waals surface area contributed by atoms with Crippen molar-refractivity contribution in [3.05, 3.63) is 0 Å². The fourth-order valence-corrected chi connectivity index (χ4v) is 0.447. The number of aliphatic carboxylic acids is 2. The van der Waals surface area contributed by atoms with Crippen LogP contribution in [0.4, 0.5) is 0 Å². The first-order valence-corrected chi connectivity index (χ1v) is 4.16. The van der Waals surface area contributed by atoms with Crippen molar-refractivity contribution >= 4 is 60.8 Å². The molecule has 0 aliphatic carbocycles. The van der Waals surface area contributed by atoms with Gasteiger partial charge in [0.05, 0.1) is 0 Å². The summed E-state index contributed by atoms with van der Waals surface area (Å²) >= 11 is 0. The summed E-state index contributed by atoms with van der Waals surface area (Å²) in [7, 11) is 0. The van der Waals surface area contributed by atoms with Gasteiger partial charge in [-0.1, -0.05) is 0 Å². The second kappa shape index (κ2) is 16.8. The summed E-state index contributed by atoms with van der Waals surface area (Å²) in [5, 5.41) is 35.1. The minimum Gasteiger partial charge on any atom is -0.550 e. The Morgan fingerprint density at radius 1 is 0.867 bits per heavy atom. The minimum absolute atomic E-state index is 0. The van der Waals surface area contributed by atoms with E-state index in [0.717, 1.165) is 0 Å². The molecule has 0 radical (unpaired) electrons. The smallest absolute Gasteiger partial charge is 0.550 e. The fraction of sp³-hybridized carbons (Fsp3) is 0.750. The second-order valence-electron chi connectivity index (χ2n) is 2.40. The summed E-state index contributed by atoms with van der Waals surface area (Å²) in [4.78, 5) is 19.1. The zero-order valence-electron chi connectivity index (χ0n) is 8.48. The normalized spacial score (nSPS) is 8.13. The van der Waals surface area contributed by atoms with Gasteiger partial charge in [0.1, 0.15) is 0 Å². The second-order valence-corrected chi connectivity index (χ2v) is 2.40. The SMILES string of the molecule is O=C([O-])CCCO.O=C([O-])CCCO.[Ba+2]. The van der Waals surface area contributed by atoms with Gasteiger partial charge >= 0.3 is 48.9 Å². The number of hydrogen-bond donors (Lipinski definition) is 2. The molecule has 0 aromatic rings. The molecule has 0 bridgehead atoms. The molecule has 2 N–H and O–H groups in total. The summed E-state index contributed by atoms with van der Waals surface area (Å²) in [6.45, 7) is -0.151. The van der Waals surface area contributed by atoms with E-state index < -0.39 is 11.9 Å². The van der Waals surface area contributed by atoms with Crippen LogP contribution < -0.4 is 10.2 Å². The largest absolute Gasteiger partial charge is 2.00 e. The van der Waals surface area contributed by atoms with E-state index in [9.17, 15) is 19.8 Å². The van der Waals surface area contributed by atoms with E-state index >= 15 is 0 Å². The molecule has 0 saturated carbocycles. The molecule has 0 aromatic heterocycles. The quantitative estimate of drug-likeness (QED) is 0.486. The van der Waals surface area contributed by atoms with Gasteiger partial charge in [-0.25, -0.2) is 0 Å². The van der Waals surface area contributed by atoms with Crippen LogP contribution in [0.3, 0.4) is 0 Å². The van der Waals surface area contributed by atoms with Crippen LogP contribution in [0.25, 0.3) is 0 Å². The number of aliphatic hydroxyl groups excluding tert-OH is 2. The predicted octanol–water partition coefficient (Wildman–Crippen LogP) is -3.36. The molecule has 0 aliphatic rings. The molecule has 0 heterocycles. The van der Waals surface area contributed by atoms with Gasteiger partial charge < -0.3 is 30.0 Å². The fourth-order valence-electron chi connectivity index (χ4n) is 0.447. The van der Waals surface area contributed by atoms with E-state index in [2.05, 4.69) is 0 Å². The Bertz CT molecular complexity index is 143. The molecule has 7 heteroatoms. The van der Waals surface area contributed by atoms with Crippen LogP contribution in [0.5, 0.6) is 0 Å². The van der Waals surface area contributed by atoms with E-state index in [1.807, 2.05) is 0 Å². The molecule has 15 heavy (non-hydrogen) atoms. The van der Waals surface area contributed by atoms with Gasteiger partial charge in [-0.2, -0.15) is 0 Å². The monoisotopic (exact) mass is 344 g/mol. The average molecular weight is 344 g/mol. The van der Waals surface area contributed by atoms with Crippen LogP contribution in [0.15, 0.2) is 0 Å². The van der Waals surface area contributed by atoms with Crippen molar-refractivity contribution in [3.8, 4) is 0 Å². The van der Waals surface area contributed by atoms with Gasteiger partial charge in [-0.05, 0) is 25.7 Å². The average Bonchev–Trinajstić information content (AvgIpc) is 2.12. The van der Waals surface area contributed by atoms with Crippen molar-refractivity contribution < 1.29 is 30.0 Å². The maximum absolute atomic E-state index is 9.54. The molecule has 0 amide bonds. The molecular formula is C8H14BaO6. The number of carboxylic acids is 2. The van der Waals surface area contributed by atoms with Gasteiger partial charge in [0.15, 0.2) is 0 Å². The number of carboxylic acid groups (broad SMARTS) is 2. The van der Waals surface area contributed by atoms with Gasteiger partial charge in [0, 0.05) is 25.2 Å². The third-order valence-corrected chi connectivity index (χ3v) is 1.08. The first kappa shape index (κ1) is 20.8. The minimum atomic E-state index is -1.10. The van der Waals surface area contributed by atoms with Crippen molar-refractivity contribution in [2.45, 2.75) is 25.7 Å². The maximum atomic E-state index is 9.54. The molecule has 0 aliphatic heterocycles. The number of rotatable bonds is 6. The number of carbonyl (C=O) groups is 2. The molecule has 0 fully saturated rings. The number of carbonyl (C=O) groups excluding carboxylic acids is 2. The third kappa shape index (κ3) is 31.4. The topological polar surface area (TPSA) is 121 Å². The van der Waals surface area contributed by atoms with Gasteiger partial charge in [0.2, 0.25) is 0 Å². The van der Waals surface area contributed by atoms with Crippen LogP contribution in [-0.4, -0.2) is 84.2 Å². The maximum Gasteiger partial charge on any atom is 2.00 e. The zero-order chi connectivity index (χ0) is 11.4. The zero-order valence-corrected chi connectivity index (χ0v) is 12.9. The molecule has 84 valence electrons. The van der Waals surface area contributed by atoms with Gasteiger partial charge in [-0.3, -0.25) is 0 Å². The Morgan fingerprint density at radius 3 is 1.20 bits per heavy atom. The molecule has 0 rings (SSSR count). The van der Waals surface area contributed by atoms with Crippen molar-refractivity contribution in [2.75, 3.05) is 13.2 Å². The first-order valence-electron chi connectivity index (χ1n) is 4.16. The standard InChI is InChI=1S/2C4H8O3.Ba/c2*5-3-1-2-4(6)7;/h2*5H,1-3H2,(H,6,7);/q;;+2/p-2. The van der Waals surface area contributed by atoms with E-state index in [1.54, 1.807) is 0 Å². The first-order chi connectivity index (χ1) is 6.54. The van der Waals surface area contributed by atoms with Gasteiger partial charge in [0.25, 0.3) is 0 Å². The predicted molar refractivity (Wildman–Crippen MR) is 48.4 cm³/mol. The van der Waals surface area contributed by atoms with Crippen LogP contribution in [-0.2, 0) is 9.59 Å². The Balaban J connectivity index is -0.000000180. The Morgan fingerprint density at radius 2 is 1.13 bits per heavy atom. The van der Waals surface area contributed by atoms with Crippen LogP contribution in [0.2, 0.25) is 0 Å². The van der Waals surface area contributed by atoms with Crippen molar-refractivity contribution in [1.29, 1.82) is 0 Å². The Hall–Kier alpha value is 0.431. The number of hydrogen-bond acceptors (Lipinski definition) is 6. The Kier molecular flexibility index (Phi) is 23.4. The van der Waals surface area contributed by atoms with Crippen LogP contribution in [0.1, 0.15) is 25.7 Å². The molecular weight excluding hydrogens is 329 g/mol. The van der Waals surface area contributed by atoms with Crippen LogP contribution in [0, 0.1) is 0 Å². The Labute approximate surface area is 128 Å². The van der Waals surface area contributed by atoms with Crippen molar-refractivity contribution in [1.82, 2.24) is 0 Å². The molecule has 6 nitrogen and oxygen atoms in total. The summed E-state index contributed by atoms with van der Waals surface area (Å²) in [6.07, 6.45) is 0.498. The van der Waals surface area contributed by atoms with E-state index in [1.165, 1.54) is 0 Å². The van der Waals surface area contributed by atoms with E-state index in [4.69, 9.17) is 10.2 Å². The van der Waals surface area contributed by atoms with E-state index in [-0.39, 0.29) is 74.9 Å². The number of aliphatic hydroxyl groups is 2. The summed E-state index contributed by atoms with van der Waals surface area (Å²) in [5.41, 5.74) is 0. The van der Waals surface area contributed by atoms with Gasteiger partial charge in [-0.15, -0.1) is 0 Å². The summed E-state index contributed by atoms with van der Waals surface area (Å²) < 4.78 is 0. The summed E-state index contributed by atoms with van der Waals surface area (Å²) in [6, 6.07) is 0. The molecule has 0 unspecified atom stereocenters. The molecule has 0 spiro atoms. The summed E-state index contributed by atoms with van der Waals surface area (Å²) in [5.74, 6) is -2.21. The van der Waals surface area contributed by atoms with Crippen molar-refractivity contribution in [3.63, 3.8) is 0 Å². The van der Waals surface area contributed by atoms with E-state index in [0.29, 0.717) is 12.8 Å². The third-order valence-electron chi connectivity index (χ3n) is 1.08. The van der Waals surface area contributed by atoms with Crippen LogP contribution >= 0.6 is 0 Å².